The summed E-state index contributed by atoms with van der Waals surface area (Å²) in [4.78, 5) is 21.2. The number of carbonyl (C=O) groups excluding carboxylic acids is 1. The van der Waals surface area contributed by atoms with Gasteiger partial charge in [-0.2, -0.15) is 0 Å². The number of amides is 1. The van der Waals surface area contributed by atoms with E-state index in [1.54, 1.807) is 29.2 Å². The summed E-state index contributed by atoms with van der Waals surface area (Å²) in [5.74, 6) is -1.10. The molecular formula is C41H52ClFN2O8. The molecule has 6 atom stereocenters. The highest BCUT2D eigenvalue weighted by Gasteiger charge is 2.65. The number of carbonyl (C=O) groups is 1. The number of hydrogen-bond acceptors (Lipinski definition) is 9. The SMILES string of the molecule is C=CCOc1ccc2c(c1)[C@H]1[C@H](CCCCO)[C@@H](CCCCO)C=C3C(=NOC)C[C@H](N(Cc4ccc(F)cc4)C(=O)OCCCl)[C@@](OCC=C)(O2)[C@H]31. The van der Waals surface area contributed by atoms with Crippen LogP contribution in [-0.2, 0) is 20.9 Å². The van der Waals surface area contributed by atoms with Crippen LogP contribution < -0.4 is 9.47 Å². The number of aliphatic hydroxyl groups is 2. The molecular weight excluding hydrogens is 703 g/mol. The standard InChI is InChI=1S/C41H52ClFN2O8/c1-4-21-50-31-16-17-36-34(25-31)38-32(11-7-9-20-47)29(10-6-8-19-46)24-33-35(44-49-3)26-37(41(53-36,39(33)38)52-22-5-2)45(40(48)51-23-18-42)27-28-12-14-30(43)15-13-28/h4-5,12-17,24-25,29,32,37-39,46-47H,1-2,6-11,18-23,26-27H2,3H3/t29-,32+,37-,38+,39+,41+/m0/s1. The van der Waals surface area contributed by atoms with Crippen LogP contribution in [0.4, 0.5) is 9.18 Å². The number of rotatable bonds is 20. The molecule has 3 aliphatic rings. The van der Waals surface area contributed by atoms with Crippen LogP contribution in [0, 0.1) is 23.6 Å². The lowest BCUT2D eigenvalue weighted by molar-refractivity contribution is -0.256. The number of alkyl halides is 1. The van der Waals surface area contributed by atoms with E-state index < -0.39 is 29.7 Å². The molecule has 2 N–H and O–H groups in total. The number of nitrogens with zero attached hydrogens (tertiary/aromatic N) is 2. The molecule has 0 bridgehead atoms. The molecule has 0 spiro atoms. The summed E-state index contributed by atoms with van der Waals surface area (Å²) >= 11 is 5.99. The van der Waals surface area contributed by atoms with Crippen molar-refractivity contribution < 1.29 is 43.2 Å². The first-order valence-electron chi connectivity index (χ1n) is 18.4. The van der Waals surface area contributed by atoms with Gasteiger partial charge in [0.25, 0.3) is 0 Å². The fraction of sp³-hybridized carbons (Fsp3) is 0.512. The summed E-state index contributed by atoms with van der Waals surface area (Å²) in [5, 5.41) is 24.1. The Bertz CT molecular complexity index is 1600. The van der Waals surface area contributed by atoms with Crippen molar-refractivity contribution in [2.24, 2.45) is 22.9 Å². The van der Waals surface area contributed by atoms with Crippen LogP contribution in [0.2, 0.25) is 0 Å². The van der Waals surface area contributed by atoms with Crippen LogP contribution >= 0.6 is 11.6 Å². The molecule has 288 valence electrons. The molecule has 53 heavy (non-hydrogen) atoms. The molecule has 0 unspecified atom stereocenters. The van der Waals surface area contributed by atoms with Crippen molar-refractivity contribution in [3.63, 3.8) is 0 Å². The molecule has 1 heterocycles. The lowest BCUT2D eigenvalue weighted by Crippen LogP contribution is -2.70. The monoisotopic (exact) mass is 754 g/mol. The van der Waals surface area contributed by atoms with Gasteiger partial charge in [-0.15, -0.1) is 18.2 Å². The first kappa shape index (κ1) is 40.3. The molecule has 1 aliphatic heterocycles. The van der Waals surface area contributed by atoms with Gasteiger partial charge in [-0.25, -0.2) is 9.18 Å². The summed E-state index contributed by atoms with van der Waals surface area (Å²) in [5.41, 5.74) is 3.16. The van der Waals surface area contributed by atoms with E-state index in [1.807, 2.05) is 18.2 Å². The zero-order chi connectivity index (χ0) is 37.8. The second kappa shape index (κ2) is 19.4. The second-order valence-corrected chi connectivity index (χ2v) is 14.0. The number of fused-ring (bicyclic) bond motifs is 2. The van der Waals surface area contributed by atoms with Crippen LogP contribution in [-0.4, -0.2) is 84.8 Å². The van der Waals surface area contributed by atoms with E-state index >= 15 is 0 Å². The lowest BCUT2D eigenvalue weighted by atomic mass is 9.55. The Morgan fingerprint density at radius 3 is 2.49 bits per heavy atom. The maximum atomic E-state index is 14.2. The summed E-state index contributed by atoms with van der Waals surface area (Å²) in [6.45, 7) is 8.41. The third-order valence-electron chi connectivity index (χ3n) is 10.4. The van der Waals surface area contributed by atoms with E-state index in [1.165, 1.54) is 19.2 Å². The molecule has 2 aliphatic carbocycles. The molecule has 0 radical (unpaired) electrons. The van der Waals surface area contributed by atoms with Crippen molar-refractivity contribution in [3.8, 4) is 11.5 Å². The largest absolute Gasteiger partial charge is 0.490 e. The number of allylic oxidation sites excluding steroid dienone is 1. The van der Waals surface area contributed by atoms with Crippen molar-refractivity contribution in [2.75, 3.05) is 46.0 Å². The van der Waals surface area contributed by atoms with Crippen molar-refractivity contribution in [1.29, 1.82) is 0 Å². The van der Waals surface area contributed by atoms with Crippen molar-refractivity contribution >= 4 is 23.4 Å². The van der Waals surface area contributed by atoms with Gasteiger partial charge < -0.3 is 34.0 Å². The van der Waals surface area contributed by atoms with Gasteiger partial charge in [-0.05, 0) is 79.0 Å². The van der Waals surface area contributed by atoms with Crippen LogP contribution in [0.5, 0.6) is 11.5 Å². The number of unbranched alkanes of at least 4 members (excludes halogenated alkanes) is 2. The summed E-state index contributed by atoms with van der Waals surface area (Å²) in [6.07, 6.45) is 9.72. The van der Waals surface area contributed by atoms with Gasteiger partial charge in [0.15, 0.2) is 0 Å². The average molecular weight is 755 g/mol. The zero-order valence-corrected chi connectivity index (χ0v) is 31.2. The van der Waals surface area contributed by atoms with Gasteiger partial charge in [0.05, 0.1) is 24.1 Å². The molecule has 12 heteroatoms. The molecule has 2 aromatic rings. The minimum Gasteiger partial charge on any atom is -0.490 e. The molecule has 5 rings (SSSR count). The van der Waals surface area contributed by atoms with Crippen LogP contribution in [0.1, 0.15) is 62.0 Å². The highest BCUT2D eigenvalue weighted by molar-refractivity contribution is 6.18. The van der Waals surface area contributed by atoms with Crippen LogP contribution in [0.25, 0.3) is 0 Å². The fourth-order valence-electron chi connectivity index (χ4n) is 8.30. The molecule has 0 aromatic heterocycles. The quantitative estimate of drug-likeness (QED) is 0.0617. The van der Waals surface area contributed by atoms with Crippen LogP contribution in [0.15, 0.2) is 84.6 Å². The van der Waals surface area contributed by atoms with Crippen molar-refractivity contribution in [3.05, 3.63) is 96.4 Å². The number of benzene rings is 2. The van der Waals surface area contributed by atoms with E-state index in [0.29, 0.717) is 42.2 Å². The van der Waals surface area contributed by atoms with E-state index in [0.717, 1.165) is 36.8 Å². The topological polar surface area (TPSA) is 119 Å². The highest BCUT2D eigenvalue weighted by atomic mass is 35.5. The number of hydrogen-bond donors (Lipinski definition) is 2. The first-order chi connectivity index (χ1) is 25.8. The van der Waals surface area contributed by atoms with Gasteiger partial charge in [0.2, 0.25) is 5.79 Å². The van der Waals surface area contributed by atoms with E-state index in [2.05, 4.69) is 24.4 Å². The van der Waals surface area contributed by atoms with Crippen LogP contribution in [0.3, 0.4) is 0 Å². The minimum atomic E-state index is -1.47. The second-order valence-electron chi connectivity index (χ2n) is 13.6. The number of aliphatic hydroxyl groups excluding tert-OH is 2. The fourth-order valence-corrected chi connectivity index (χ4v) is 8.38. The molecule has 0 saturated heterocycles. The number of ether oxygens (including phenoxy) is 4. The summed E-state index contributed by atoms with van der Waals surface area (Å²) in [7, 11) is 1.50. The van der Waals surface area contributed by atoms with E-state index in [4.69, 9.17) is 35.4 Å². The first-order valence-corrected chi connectivity index (χ1v) is 19.0. The maximum Gasteiger partial charge on any atom is 0.410 e. The lowest BCUT2D eigenvalue weighted by Gasteiger charge is -2.59. The Balaban J connectivity index is 1.78. The number of oxime groups is 1. The summed E-state index contributed by atoms with van der Waals surface area (Å²) < 4.78 is 39.9. The predicted octanol–water partition coefficient (Wildman–Crippen LogP) is 7.53. The van der Waals surface area contributed by atoms with Gasteiger partial charge in [-0.3, -0.25) is 4.90 Å². The molecule has 1 amide bonds. The third-order valence-corrected chi connectivity index (χ3v) is 10.5. The average Bonchev–Trinajstić information content (AvgIpc) is 3.17. The number of halogens is 2. The molecule has 1 fully saturated rings. The minimum absolute atomic E-state index is 0.0244. The predicted molar refractivity (Wildman–Crippen MR) is 202 cm³/mol. The molecule has 2 aromatic carbocycles. The van der Waals surface area contributed by atoms with Gasteiger partial charge in [0, 0.05) is 37.7 Å². The highest BCUT2D eigenvalue weighted by Crippen LogP contribution is 2.62. The van der Waals surface area contributed by atoms with Gasteiger partial charge in [-0.1, -0.05) is 54.9 Å². The van der Waals surface area contributed by atoms with Gasteiger partial charge >= 0.3 is 6.09 Å². The Morgan fingerprint density at radius 1 is 1.08 bits per heavy atom. The Labute approximate surface area is 316 Å². The van der Waals surface area contributed by atoms with Gasteiger partial charge in [0.1, 0.15) is 43.7 Å². The smallest absolute Gasteiger partial charge is 0.410 e. The molecule has 10 nitrogen and oxygen atoms in total. The Kier molecular flexibility index (Phi) is 14.8. The van der Waals surface area contributed by atoms with Crippen molar-refractivity contribution in [2.45, 2.75) is 69.2 Å². The summed E-state index contributed by atoms with van der Waals surface area (Å²) in [6, 6.07) is 10.9. The van der Waals surface area contributed by atoms with E-state index in [9.17, 15) is 19.4 Å². The Morgan fingerprint density at radius 2 is 1.81 bits per heavy atom. The third kappa shape index (κ3) is 9.08. The van der Waals surface area contributed by atoms with Crippen molar-refractivity contribution in [1.82, 2.24) is 4.90 Å². The zero-order valence-electron chi connectivity index (χ0n) is 30.5. The maximum absolute atomic E-state index is 14.2. The Hall–Kier alpha value is -3.90. The normalized spacial score (nSPS) is 25.0. The molecule has 1 saturated carbocycles. The van der Waals surface area contributed by atoms with E-state index in [-0.39, 0.29) is 63.0 Å².